The number of hydrogen-bond acceptors (Lipinski definition) is 2. The van der Waals surface area contributed by atoms with Crippen LogP contribution in [0, 0.1) is 5.92 Å². The minimum atomic E-state index is -0.773. The molecule has 1 N–H and O–H groups in total. The number of carboxylic acids is 1. The third-order valence-electron chi connectivity index (χ3n) is 3.20. The highest BCUT2D eigenvalue weighted by Gasteiger charge is 2.23. The Kier molecular flexibility index (Phi) is 5.09. The van der Waals surface area contributed by atoms with Crippen LogP contribution in [0.25, 0.3) is 0 Å². The van der Waals surface area contributed by atoms with E-state index < -0.39 is 5.97 Å². The van der Waals surface area contributed by atoms with Crippen LogP contribution in [0.3, 0.4) is 0 Å². The molecule has 0 aromatic carbocycles. The Morgan fingerprint density at radius 3 is 2.87 bits per heavy atom. The third-order valence-corrected chi connectivity index (χ3v) is 3.20. The highest BCUT2D eigenvalue weighted by Crippen LogP contribution is 2.29. The van der Waals surface area contributed by atoms with Crippen LogP contribution in [0.1, 0.15) is 52.4 Å². The topological polar surface area (TPSA) is 46.5 Å². The molecule has 1 saturated carbocycles. The molecule has 3 atom stereocenters. The first-order valence-corrected chi connectivity index (χ1v) is 5.99. The zero-order valence-corrected chi connectivity index (χ0v) is 9.74. The molecule has 0 bridgehead atoms. The molecular formula is C12H22O3. The summed E-state index contributed by atoms with van der Waals surface area (Å²) >= 11 is 0. The Balaban J connectivity index is 2.27. The molecule has 0 spiro atoms. The van der Waals surface area contributed by atoms with Gasteiger partial charge in [0.15, 0.2) is 0 Å². The van der Waals surface area contributed by atoms with Crippen LogP contribution in [0.15, 0.2) is 0 Å². The molecule has 0 aromatic rings. The van der Waals surface area contributed by atoms with Crippen LogP contribution in [-0.4, -0.2) is 23.3 Å². The van der Waals surface area contributed by atoms with Gasteiger partial charge in [0.25, 0.3) is 0 Å². The molecule has 0 saturated heterocycles. The van der Waals surface area contributed by atoms with Gasteiger partial charge in [-0.25, -0.2) is 0 Å². The Morgan fingerprint density at radius 1 is 1.53 bits per heavy atom. The van der Waals surface area contributed by atoms with Crippen LogP contribution in [0.5, 0.6) is 0 Å². The van der Waals surface area contributed by atoms with Gasteiger partial charge in [0.05, 0.1) is 18.6 Å². The number of carbonyl (C=O) groups is 1. The van der Waals surface area contributed by atoms with E-state index in [4.69, 9.17) is 9.84 Å². The standard InChI is InChI=1S/C12H22O3/c1-3-10-5-4-6-11(8-10)15-9(2)7-12(13)14/h9-11H,3-8H2,1-2H3,(H,13,14)/t9-,10?,11?/m1/s1. The molecular weight excluding hydrogens is 192 g/mol. The smallest absolute Gasteiger partial charge is 0.305 e. The van der Waals surface area contributed by atoms with Crippen molar-refractivity contribution in [3.63, 3.8) is 0 Å². The van der Waals surface area contributed by atoms with Crippen molar-refractivity contribution in [2.24, 2.45) is 5.92 Å². The molecule has 88 valence electrons. The van der Waals surface area contributed by atoms with E-state index in [1.165, 1.54) is 19.3 Å². The number of ether oxygens (including phenoxy) is 1. The van der Waals surface area contributed by atoms with Gasteiger partial charge in [0.1, 0.15) is 0 Å². The normalized spacial score (nSPS) is 28.7. The van der Waals surface area contributed by atoms with E-state index in [0.717, 1.165) is 18.8 Å². The van der Waals surface area contributed by atoms with Crippen LogP contribution < -0.4 is 0 Å². The second-order valence-electron chi connectivity index (χ2n) is 4.61. The van der Waals surface area contributed by atoms with Gasteiger partial charge >= 0.3 is 5.97 Å². The van der Waals surface area contributed by atoms with Crippen molar-refractivity contribution >= 4 is 5.97 Å². The van der Waals surface area contributed by atoms with Crippen molar-refractivity contribution < 1.29 is 14.6 Å². The lowest BCUT2D eigenvalue weighted by molar-refractivity contribution is -0.141. The summed E-state index contributed by atoms with van der Waals surface area (Å²) in [6, 6.07) is 0. The van der Waals surface area contributed by atoms with E-state index in [-0.39, 0.29) is 18.6 Å². The molecule has 0 aliphatic heterocycles. The van der Waals surface area contributed by atoms with Gasteiger partial charge in [-0.3, -0.25) is 4.79 Å². The first-order valence-electron chi connectivity index (χ1n) is 5.99. The first kappa shape index (κ1) is 12.5. The SMILES string of the molecule is CCC1CCCC(O[C@H](C)CC(=O)O)C1. The van der Waals surface area contributed by atoms with E-state index >= 15 is 0 Å². The maximum atomic E-state index is 10.5. The summed E-state index contributed by atoms with van der Waals surface area (Å²) in [5.41, 5.74) is 0. The second-order valence-corrected chi connectivity index (χ2v) is 4.61. The molecule has 3 heteroatoms. The van der Waals surface area contributed by atoms with Gasteiger partial charge in [-0.2, -0.15) is 0 Å². The minimum absolute atomic E-state index is 0.118. The van der Waals surface area contributed by atoms with E-state index in [1.807, 2.05) is 6.92 Å². The average Bonchev–Trinajstić information content (AvgIpc) is 2.16. The average molecular weight is 214 g/mol. The molecule has 1 rings (SSSR count). The summed E-state index contributed by atoms with van der Waals surface area (Å²) < 4.78 is 5.75. The molecule has 1 aliphatic rings. The van der Waals surface area contributed by atoms with Crippen LogP contribution in [-0.2, 0) is 9.53 Å². The van der Waals surface area contributed by atoms with Crippen LogP contribution >= 0.6 is 0 Å². The Labute approximate surface area is 91.8 Å². The maximum Gasteiger partial charge on any atom is 0.305 e. The predicted molar refractivity (Wildman–Crippen MR) is 58.8 cm³/mol. The molecule has 3 nitrogen and oxygen atoms in total. The largest absolute Gasteiger partial charge is 0.481 e. The monoisotopic (exact) mass is 214 g/mol. The Morgan fingerprint density at radius 2 is 2.27 bits per heavy atom. The number of aliphatic carboxylic acids is 1. The number of hydrogen-bond donors (Lipinski definition) is 1. The van der Waals surface area contributed by atoms with Crippen molar-refractivity contribution in [3.8, 4) is 0 Å². The van der Waals surface area contributed by atoms with E-state index in [0.29, 0.717) is 0 Å². The summed E-state index contributed by atoms with van der Waals surface area (Å²) in [6.45, 7) is 4.07. The van der Waals surface area contributed by atoms with Crippen molar-refractivity contribution in [3.05, 3.63) is 0 Å². The van der Waals surface area contributed by atoms with Gasteiger partial charge in [-0.15, -0.1) is 0 Å². The highest BCUT2D eigenvalue weighted by molar-refractivity contribution is 5.67. The minimum Gasteiger partial charge on any atom is -0.481 e. The highest BCUT2D eigenvalue weighted by atomic mass is 16.5. The van der Waals surface area contributed by atoms with Gasteiger partial charge in [0.2, 0.25) is 0 Å². The molecule has 1 fully saturated rings. The van der Waals surface area contributed by atoms with Crippen molar-refractivity contribution in [2.75, 3.05) is 0 Å². The van der Waals surface area contributed by atoms with Gasteiger partial charge < -0.3 is 9.84 Å². The summed E-state index contributed by atoms with van der Waals surface area (Å²) in [5, 5.41) is 8.63. The Hall–Kier alpha value is -0.570. The molecule has 0 radical (unpaired) electrons. The summed E-state index contributed by atoms with van der Waals surface area (Å²) in [5.74, 6) is 0.00568. The zero-order valence-electron chi connectivity index (χ0n) is 9.74. The fourth-order valence-electron chi connectivity index (χ4n) is 2.36. The van der Waals surface area contributed by atoms with Crippen molar-refractivity contribution in [1.29, 1.82) is 0 Å². The second kappa shape index (κ2) is 6.11. The lowest BCUT2D eigenvalue weighted by atomic mass is 9.85. The van der Waals surface area contributed by atoms with E-state index in [1.54, 1.807) is 0 Å². The molecule has 15 heavy (non-hydrogen) atoms. The van der Waals surface area contributed by atoms with Crippen LogP contribution in [0.2, 0.25) is 0 Å². The van der Waals surface area contributed by atoms with E-state index in [2.05, 4.69) is 6.92 Å². The zero-order chi connectivity index (χ0) is 11.3. The molecule has 0 heterocycles. The maximum absolute atomic E-state index is 10.5. The fraction of sp³-hybridized carbons (Fsp3) is 0.917. The van der Waals surface area contributed by atoms with E-state index in [9.17, 15) is 4.79 Å². The summed E-state index contributed by atoms with van der Waals surface area (Å²) in [7, 11) is 0. The molecule has 0 aromatic heterocycles. The quantitative estimate of drug-likeness (QED) is 0.765. The predicted octanol–water partition coefficient (Wildman–Crippen LogP) is 2.84. The van der Waals surface area contributed by atoms with Crippen molar-refractivity contribution in [1.82, 2.24) is 0 Å². The van der Waals surface area contributed by atoms with Gasteiger partial charge in [-0.1, -0.05) is 26.2 Å². The fourth-order valence-corrected chi connectivity index (χ4v) is 2.36. The Bertz CT molecular complexity index is 203. The molecule has 1 aliphatic carbocycles. The molecule has 0 amide bonds. The molecule has 2 unspecified atom stereocenters. The summed E-state index contributed by atoms with van der Waals surface area (Å²) in [4.78, 5) is 10.5. The van der Waals surface area contributed by atoms with Crippen LogP contribution in [0.4, 0.5) is 0 Å². The van der Waals surface area contributed by atoms with Gasteiger partial charge in [0, 0.05) is 0 Å². The number of carboxylic acid groups (broad SMARTS) is 1. The van der Waals surface area contributed by atoms with Gasteiger partial charge in [-0.05, 0) is 25.7 Å². The third kappa shape index (κ3) is 4.65. The lowest BCUT2D eigenvalue weighted by Gasteiger charge is -2.30. The first-order chi connectivity index (χ1) is 7.11. The number of rotatable bonds is 5. The summed E-state index contributed by atoms with van der Waals surface area (Å²) in [6.07, 6.45) is 6.22. The lowest BCUT2D eigenvalue weighted by Crippen LogP contribution is -2.27. The van der Waals surface area contributed by atoms with Crippen molar-refractivity contribution in [2.45, 2.75) is 64.6 Å².